The Balaban J connectivity index is 1.54. The van der Waals surface area contributed by atoms with E-state index in [2.05, 4.69) is 20.2 Å². The average Bonchev–Trinajstić information content (AvgIpc) is 3.46. The summed E-state index contributed by atoms with van der Waals surface area (Å²) in [4.78, 5) is 33.0. The third-order valence-corrected chi connectivity index (χ3v) is 6.86. The van der Waals surface area contributed by atoms with Gasteiger partial charge < -0.3 is 19.5 Å². The van der Waals surface area contributed by atoms with Crippen molar-refractivity contribution in [1.29, 1.82) is 0 Å². The van der Waals surface area contributed by atoms with Gasteiger partial charge in [0.05, 0.1) is 23.0 Å². The van der Waals surface area contributed by atoms with Crippen LogP contribution < -0.4 is 5.56 Å². The first-order valence-electron chi connectivity index (χ1n) is 11.4. The zero-order valence-electron chi connectivity index (χ0n) is 19.8. The number of nitrogens with one attached hydrogen (secondary N) is 1. The normalized spacial score (nSPS) is 18.6. The fourth-order valence-electron chi connectivity index (χ4n) is 4.85. The summed E-state index contributed by atoms with van der Waals surface area (Å²) in [6.07, 6.45) is 1.65. The highest BCUT2D eigenvalue weighted by atomic mass is 35.5. The Kier molecular flexibility index (Phi) is 5.82. The van der Waals surface area contributed by atoms with Gasteiger partial charge in [0, 0.05) is 29.6 Å². The van der Waals surface area contributed by atoms with Gasteiger partial charge in [-0.3, -0.25) is 4.79 Å². The van der Waals surface area contributed by atoms with E-state index in [0.717, 1.165) is 0 Å². The predicted molar refractivity (Wildman–Crippen MR) is 129 cm³/mol. The van der Waals surface area contributed by atoms with Crippen LogP contribution in [0.2, 0.25) is 5.02 Å². The molecule has 1 fully saturated rings. The molecule has 12 heteroatoms. The molecule has 1 aliphatic rings. The maximum absolute atomic E-state index is 14.3. The van der Waals surface area contributed by atoms with Gasteiger partial charge in [-0.25, -0.2) is 13.7 Å². The molecule has 188 valence electrons. The van der Waals surface area contributed by atoms with Crippen molar-refractivity contribution in [2.75, 3.05) is 6.54 Å². The van der Waals surface area contributed by atoms with Crippen LogP contribution in [-0.2, 0) is 0 Å². The zero-order valence-corrected chi connectivity index (χ0v) is 20.6. The second kappa shape index (κ2) is 8.74. The van der Waals surface area contributed by atoms with Crippen LogP contribution in [0.5, 0.6) is 0 Å². The lowest BCUT2D eigenvalue weighted by Crippen LogP contribution is -2.51. The summed E-state index contributed by atoms with van der Waals surface area (Å²) >= 11 is 5.98. The molecule has 1 aromatic carbocycles. The molecule has 2 unspecified atom stereocenters. The first-order chi connectivity index (χ1) is 17.0. The minimum Gasteiger partial charge on any atom is -0.465 e. The third kappa shape index (κ3) is 4.23. The number of nitrogens with zero attached hydrogens (tertiary/aromatic N) is 5. The summed E-state index contributed by atoms with van der Waals surface area (Å²) in [6.45, 7) is 6.37. The quantitative estimate of drug-likeness (QED) is 0.401. The lowest BCUT2D eigenvalue weighted by atomic mass is 9.76. The van der Waals surface area contributed by atoms with Gasteiger partial charge in [0.2, 0.25) is 5.82 Å². The van der Waals surface area contributed by atoms with E-state index in [1.807, 2.05) is 20.8 Å². The SMILES string of the molecule is CC(C)(C)C1CC(c2cc(=O)[nH]c3c(-c4noc(-c5cc(Cl)ccc5F)n4)cnn23)CCN1C(=O)O. The summed E-state index contributed by atoms with van der Waals surface area (Å²) in [5.41, 5.74) is 0.876. The molecule has 10 nitrogen and oxygen atoms in total. The van der Waals surface area contributed by atoms with Crippen molar-refractivity contribution in [3.05, 3.63) is 57.3 Å². The Bertz CT molecular complexity index is 1520. The molecule has 2 N–H and O–H groups in total. The number of likely N-dealkylation sites (tertiary alicyclic amines) is 1. The first kappa shape index (κ1) is 24.0. The zero-order chi connectivity index (χ0) is 25.8. The van der Waals surface area contributed by atoms with Gasteiger partial charge in [0.25, 0.3) is 11.4 Å². The van der Waals surface area contributed by atoms with Crippen LogP contribution >= 0.6 is 11.6 Å². The minimum absolute atomic E-state index is 0.0584. The number of fused-ring (bicyclic) bond motifs is 1. The van der Waals surface area contributed by atoms with E-state index in [0.29, 0.717) is 41.3 Å². The standard InChI is InChI=1S/C24H24ClFN6O4/c1-24(2,3)18-8-12(6-7-31(18)23(34)35)17-10-19(33)28-21-15(11-27-32(17)21)20-29-22(36-30-20)14-9-13(25)4-5-16(14)26/h4-5,9-12,18H,6-8H2,1-3H3,(H,28,33)(H,34,35). The molecular weight excluding hydrogens is 491 g/mol. The maximum atomic E-state index is 14.3. The fourth-order valence-corrected chi connectivity index (χ4v) is 5.03. The molecular formula is C24H24ClFN6O4. The molecule has 0 radical (unpaired) electrons. The lowest BCUT2D eigenvalue weighted by molar-refractivity contribution is 0.0518. The number of aromatic nitrogens is 5. The number of benzene rings is 1. The second-order valence-corrected chi connectivity index (χ2v) is 10.4. The summed E-state index contributed by atoms with van der Waals surface area (Å²) in [5.74, 6) is -0.590. The number of H-pyrrole nitrogens is 1. The summed E-state index contributed by atoms with van der Waals surface area (Å²) < 4.78 is 21.2. The number of carboxylic acid groups (broad SMARTS) is 1. The second-order valence-electron chi connectivity index (χ2n) is 10.0. The van der Waals surface area contributed by atoms with E-state index in [-0.39, 0.29) is 40.2 Å². The van der Waals surface area contributed by atoms with Crippen molar-refractivity contribution in [3.63, 3.8) is 0 Å². The van der Waals surface area contributed by atoms with Gasteiger partial charge in [-0.1, -0.05) is 37.5 Å². The average molecular weight is 515 g/mol. The number of hydrogen-bond acceptors (Lipinski definition) is 6. The molecule has 5 rings (SSSR count). The number of hydrogen-bond donors (Lipinski definition) is 2. The maximum Gasteiger partial charge on any atom is 0.407 e. The summed E-state index contributed by atoms with van der Waals surface area (Å²) in [5, 5.41) is 18.4. The molecule has 4 aromatic rings. The number of halogens is 2. The molecule has 36 heavy (non-hydrogen) atoms. The number of rotatable bonds is 3. The smallest absolute Gasteiger partial charge is 0.407 e. The molecule has 0 aliphatic carbocycles. The summed E-state index contributed by atoms with van der Waals surface area (Å²) in [7, 11) is 0. The number of aromatic amines is 1. The number of amides is 1. The molecule has 1 amide bonds. The van der Waals surface area contributed by atoms with Crippen LogP contribution in [0.3, 0.4) is 0 Å². The summed E-state index contributed by atoms with van der Waals surface area (Å²) in [6, 6.07) is 5.28. The van der Waals surface area contributed by atoms with Crippen molar-refractivity contribution in [2.45, 2.75) is 45.6 Å². The molecule has 2 atom stereocenters. The highest BCUT2D eigenvalue weighted by Crippen LogP contribution is 2.39. The Hall–Kier alpha value is -3.73. The first-order valence-corrected chi connectivity index (χ1v) is 11.8. The van der Waals surface area contributed by atoms with Crippen LogP contribution in [0.15, 0.2) is 39.8 Å². The van der Waals surface area contributed by atoms with Gasteiger partial charge in [-0.05, 0) is 36.5 Å². The van der Waals surface area contributed by atoms with Crippen molar-refractivity contribution < 1.29 is 18.8 Å². The number of carbonyl (C=O) groups is 1. The lowest BCUT2D eigenvalue weighted by Gasteiger charge is -2.44. The van der Waals surface area contributed by atoms with Gasteiger partial charge in [0.15, 0.2) is 0 Å². The van der Waals surface area contributed by atoms with E-state index in [4.69, 9.17) is 16.1 Å². The van der Waals surface area contributed by atoms with Crippen LogP contribution in [0.1, 0.15) is 45.2 Å². The monoisotopic (exact) mass is 514 g/mol. The highest BCUT2D eigenvalue weighted by molar-refractivity contribution is 6.30. The van der Waals surface area contributed by atoms with E-state index < -0.39 is 11.9 Å². The molecule has 3 aromatic heterocycles. The Morgan fingerprint density at radius 2 is 2.06 bits per heavy atom. The third-order valence-electron chi connectivity index (χ3n) is 6.63. The van der Waals surface area contributed by atoms with Gasteiger partial charge in [-0.15, -0.1) is 0 Å². The molecule has 0 saturated carbocycles. The largest absolute Gasteiger partial charge is 0.465 e. The van der Waals surface area contributed by atoms with Crippen molar-refractivity contribution in [2.24, 2.45) is 5.41 Å². The Morgan fingerprint density at radius 3 is 2.78 bits per heavy atom. The van der Waals surface area contributed by atoms with Crippen molar-refractivity contribution >= 4 is 23.3 Å². The minimum atomic E-state index is -0.949. The molecule has 1 saturated heterocycles. The van der Waals surface area contributed by atoms with Crippen LogP contribution in [0, 0.1) is 11.2 Å². The van der Waals surface area contributed by atoms with Crippen molar-refractivity contribution in [3.8, 4) is 22.8 Å². The van der Waals surface area contributed by atoms with Crippen molar-refractivity contribution in [1.82, 2.24) is 29.6 Å². The van der Waals surface area contributed by atoms with E-state index in [1.54, 1.807) is 4.52 Å². The fraction of sp³-hybridized carbons (Fsp3) is 0.375. The van der Waals surface area contributed by atoms with E-state index in [9.17, 15) is 19.1 Å². The molecule has 0 bridgehead atoms. The molecule has 0 spiro atoms. The van der Waals surface area contributed by atoms with Gasteiger partial charge >= 0.3 is 6.09 Å². The van der Waals surface area contributed by atoms with Gasteiger partial charge in [0.1, 0.15) is 11.5 Å². The van der Waals surface area contributed by atoms with E-state index >= 15 is 0 Å². The predicted octanol–water partition coefficient (Wildman–Crippen LogP) is 4.80. The Labute approximate surface area is 209 Å². The van der Waals surface area contributed by atoms with Crippen LogP contribution in [0.4, 0.5) is 9.18 Å². The number of piperidine rings is 1. The van der Waals surface area contributed by atoms with Crippen LogP contribution in [-0.4, -0.2) is 53.4 Å². The van der Waals surface area contributed by atoms with Crippen LogP contribution in [0.25, 0.3) is 28.5 Å². The van der Waals surface area contributed by atoms with E-state index in [1.165, 1.54) is 35.4 Å². The molecule has 4 heterocycles. The Morgan fingerprint density at radius 1 is 1.28 bits per heavy atom. The molecule has 1 aliphatic heterocycles. The topological polar surface area (TPSA) is 130 Å². The van der Waals surface area contributed by atoms with Gasteiger partial charge in [-0.2, -0.15) is 10.1 Å². The highest BCUT2D eigenvalue weighted by Gasteiger charge is 2.40.